The maximum Gasteiger partial charge on any atom is 0.334 e. The Morgan fingerprint density at radius 3 is 3.11 bits per heavy atom. The van der Waals surface area contributed by atoms with Crippen LogP contribution in [0.25, 0.3) is 0 Å². The number of aromatic nitrogens is 1. The topological polar surface area (TPSA) is 71.9 Å². The van der Waals surface area contributed by atoms with Crippen LogP contribution in [0.15, 0.2) is 18.3 Å². The molecule has 6 heteroatoms. The minimum Gasteiger partial charge on any atom is -0.481 e. The molecule has 6 nitrogen and oxygen atoms in total. The molecule has 1 N–H and O–H groups in total. The Kier molecular flexibility index (Phi) is 4.11. The lowest BCUT2D eigenvalue weighted by molar-refractivity contribution is -0.156. The molecule has 0 bridgehead atoms. The van der Waals surface area contributed by atoms with Gasteiger partial charge in [0.2, 0.25) is 5.88 Å². The molecule has 1 aliphatic rings. The second-order valence-corrected chi connectivity index (χ2v) is 4.14. The van der Waals surface area contributed by atoms with Crippen LogP contribution in [0, 0.1) is 0 Å². The lowest BCUT2D eigenvalue weighted by Crippen LogP contribution is -2.45. The first-order chi connectivity index (χ1) is 8.69. The van der Waals surface area contributed by atoms with E-state index in [1.807, 2.05) is 11.0 Å². The second kappa shape index (κ2) is 5.79. The van der Waals surface area contributed by atoms with Gasteiger partial charge in [-0.2, -0.15) is 0 Å². The number of carbonyl (C=O) groups is 1. The highest BCUT2D eigenvalue weighted by Crippen LogP contribution is 2.12. The van der Waals surface area contributed by atoms with Crippen LogP contribution in [0.1, 0.15) is 5.56 Å². The lowest BCUT2D eigenvalue weighted by atomic mass is 10.2. The average Bonchev–Trinajstić information content (AvgIpc) is 2.40. The van der Waals surface area contributed by atoms with Gasteiger partial charge in [-0.1, -0.05) is 6.07 Å². The molecule has 1 aromatic rings. The van der Waals surface area contributed by atoms with Gasteiger partial charge in [-0.15, -0.1) is 0 Å². The summed E-state index contributed by atoms with van der Waals surface area (Å²) < 4.78 is 10.2. The highest BCUT2D eigenvalue weighted by Gasteiger charge is 2.25. The van der Waals surface area contributed by atoms with Gasteiger partial charge >= 0.3 is 5.97 Å². The summed E-state index contributed by atoms with van der Waals surface area (Å²) in [7, 11) is 1.57. The predicted molar refractivity (Wildman–Crippen MR) is 63.4 cm³/mol. The van der Waals surface area contributed by atoms with Gasteiger partial charge in [0.15, 0.2) is 6.10 Å². The predicted octanol–water partition coefficient (Wildman–Crippen LogP) is 0.376. The second-order valence-electron chi connectivity index (χ2n) is 4.14. The number of hydrogen-bond donors (Lipinski definition) is 1. The summed E-state index contributed by atoms with van der Waals surface area (Å²) in [5, 5.41) is 8.91. The third-order valence-electron chi connectivity index (χ3n) is 2.84. The van der Waals surface area contributed by atoms with E-state index in [0.717, 1.165) is 12.1 Å². The monoisotopic (exact) mass is 252 g/mol. The molecule has 0 amide bonds. The van der Waals surface area contributed by atoms with Crippen molar-refractivity contribution in [3.05, 3.63) is 23.9 Å². The van der Waals surface area contributed by atoms with Crippen LogP contribution in [-0.4, -0.2) is 53.9 Å². The number of nitrogens with zero attached hydrogens (tertiary/aromatic N) is 2. The van der Waals surface area contributed by atoms with Crippen LogP contribution < -0.4 is 4.74 Å². The van der Waals surface area contributed by atoms with Gasteiger partial charge in [0.25, 0.3) is 0 Å². The average molecular weight is 252 g/mol. The molecule has 18 heavy (non-hydrogen) atoms. The first-order valence-corrected chi connectivity index (χ1v) is 5.74. The zero-order valence-corrected chi connectivity index (χ0v) is 10.2. The Balaban J connectivity index is 1.93. The minimum atomic E-state index is -0.910. The quantitative estimate of drug-likeness (QED) is 0.835. The zero-order chi connectivity index (χ0) is 13.0. The third-order valence-corrected chi connectivity index (χ3v) is 2.84. The van der Waals surface area contributed by atoms with Crippen molar-refractivity contribution < 1.29 is 19.4 Å². The first-order valence-electron chi connectivity index (χ1n) is 5.74. The number of morpholine rings is 1. The van der Waals surface area contributed by atoms with Crippen molar-refractivity contribution in [1.29, 1.82) is 0 Å². The smallest absolute Gasteiger partial charge is 0.334 e. The molecule has 1 aromatic heterocycles. The van der Waals surface area contributed by atoms with Crippen LogP contribution in [0.4, 0.5) is 0 Å². The lowest BCUT2D eigenvalue weighted by Gasteiger charge is -2.30. The van der Waals surface area contributed by atoms with Gasteiger partial charge in [-0.25, -0.2) is 9.78 Å². The van der Waals surface area contributed by atoms with Gasteiger partial charge in [0, 0.05) is 31.9 Å². The fourth-order valence-corrected chi connectivity index (χ4v) is 1.88. The molecule has 0 aliphatic carbocycles. The molecule has 2 rings (SSSR count). The van der Waals surface area contributed by atoms with Crippen molar-refractivity contribution in [3.8, 4) is 5.88 Å². The van der Waals surface area contributed by atoms with E-state index in [0.29, 0.717) is 25.6 Å². The van der Waals surface area contributed by atoms with E-state index < -0.39 is 12.1 Å². The normalized spacial score (nSPS) is 20.6. The number of aliphatic carboxylic acids is 1. The molecule has 2 heterocycles. The Labute approximate surface area is 105 Å². The SMILES string of the molecule is COc1ccc(CN2CCOC(C(=O)O)C2)cn1. The Hall–Kier alpha value is -1.66. The van der Waals surface area contributed by atoms with E-state index in [1.165, 1.54) is 0 Å². The maximum atomic E-state index is 10.9. The molecule has 0 aromatic carbocycles. The van der Waals surface area contributed by atoms with Crippen LogP contribution in [0.2, 0.25) is 0 Å². The van der Waals surface area contributed by atoms with E-state index in [2.05, 4.69) is 4.98 Å². The van der Waals surface area contributed by atoms with Gasteiger partial charge in [0.1, 0.15) is 0 Å². The van der Waals surface area contributed by atoms with Gasteiger partial charge in [0.05, 0.1) is 13.7 Å². The molecule has 0 radical (unpaired) electrons. The van der Waals surface area contributed by atoms with Crippen molar-refractivity contribution in [3.63, 3.8) is 0 Å². The molecule has 1 saturated heterocycles. The number of rotatable bonds is 4. The highest BCUT2D eigenvalue weighted by molar-refractivity contribution is 5.72. The summed E-state index contributed by atoms with van der Waals surface area (Å²) in [6.07, 6.45) is 1.01. The van der Waals surface area contributed by atoms with Crippen molar-refractivity contribution >= 4 is 5.97 Å². The van der Waals surface area contributed by atoms with Crippen LogP contribution in [0.3, 0.4) is 0 Å². The van der Waals surface area contributed by atoms with E-state index in [4.69, 9.17) is 14.6 Å². The molecule has 1 aliphatic heterocycles. The van der Waals surface area contributed by atoms with Crippen molar-refractivity contribution in [2.75, 3.05) is 26.8 Å². The van der Waals surface area contributed by atoms with Crippen molar-refractivity contribution in [1.82, 2.24) is 9.88 Å². The molecule has 1 unspecified atom stereocenters. The molecule has 1 fully saturated rings. The summed E-state index contributed by atoms with van der Waals surface area (Å²) in [6, 6.07) is 3.72. The fourth-order valence-electron chi connectivity index (χ4n) is 1.88. The molecular weight excluding hydrogens is 236 g/mol. The van der Waals surface area contributed by atoms with E-state index in [1.54, 1.807) is 19.4 Å². The number of carboxylic acids is 1. The number of hydrogen-bond acceptors (Lipinski definition) is 5. The molecule has 98 valence electrons. The summed E-state index contributed by atoms with van der Waals surface area (Å²) >= 11 is 0. The molecule has 0 saturated carbocycles. The fraction of sp³-hybridized carbons (Fsp3) is 0.500. The van der Waals surface area contributed by atoms with Crippen LogP contribution in [0.5, 0.6) is 5.88 Å². The van der Waals surface area contributed by atoms with Crippen molar-refractivity contribution in [2.24, 2.45) is 0 Å². The zero-order valence-electron chi connectivity index (χ0n) is 10.2. The van der Waals surface area contributed by atoms with E-state index >= 15 is 0 Å². The highest BCUT2D eigenvalue weighted by atomic mass is 16.5. The first kappa shape index (κ1) is 12.8. The van der Waals surface area contributed by atoms with Crippen LogP contribution in [-0.2, 0) is 16.1 Å². The van der Waals surface area contributed by atoms with Gasteiger partial charge in [-0.3, -0.25) is 4.90 Å². The number of ether oxygens (including phenoxy) is 2. The Bertz CT molecular complexity index is 407. The van der Waals surface area contributed by atoms with Gasteiger partial charge < -0.3 is 14.6 Å². The van der Waals surface area contributed by atoms with Crippen LogP contribution >= 0.6 is 0 Å². The third kappa shape index (κ3) is 3.18. The minimum absolute atomic E-state index is 0.404. The number of methoxy groups -OCH3 is 1. The molecule has 0 spiro atoms. The summed E-state index contributed by atoms with van der Waals surface area (Å²) in [4.78, 5) is 17.0. The molecule has 1 atom stereocenters. The van der Waals surface area contributed by atoms with Gasteiger partial charge in [-0.05, 0) is 5.56 Å². The molecular formula is C12H16N2O4. The number of carboxylic acid groups (broad SMARTS) is 1. The summed E-state index contributed by atoms with van der Waals surface area (Å²) in [5.41, 5.74) is 1.03. The largest absolute Gasteiger partial charge is 0.481 e. The Morgan fingerprint density at radius 2 is 2.50 bits per heavy atom. The maximum absolute atomic E-state index is 10.9. The summed E-state index contributed by atoms with van der Waals surface area (Å²) in [6.45, 7) is 2.25. The Morgan fingerprint density at radius 1 is 1.67 bits per heavy atom. The van der Waals surface area contributed by atoms with Crippen molar-refractivity contribution in [2.45, 2.75) is 12.6 Å². The van der Waals surface area contributed by atoms with E-state index in [-0.39, 0.29) is 0 Å². The summed E-state index contributed by atoms with van der Waals surface area (Å²) in [5.74, 6) is -0.336. The standard InChI is InChI=1S/C12H16N2O4/c1-17-11-3-2-9(6-13-11)7-14-4-5-18-10(8-14)12(15)16/h2-3,6,10H,4-5,7-8H2,1H3,(H,15,16). The van der Waals surface area contributed by atoms with E-state index in [9.17, 15) is 4.79 Å². The number of pyridine rings is 1.